The lowest BCUT2D eigenvalue weighted by molar-refractivity contribution is -0.118. The summed E-state index contributed by atoms with van der Waals surface area (Å²) in [4.78, 5) is 32.1. The molecule has 0 radical (unpaired) electrons. The van der Waals surface area contributed by atoms with E-state index in [1.807, 2.05) is 36.5 Å². The number of rotatable bonds is 9. The fourth-order valence-corrected chi connectivity index (χ4v) is 7.50. The highest BCUT2D eigenvalue weighted by atomic mass is 16.5. The number of piperidine rings is 1. The number of amides is 2. The molecule has 45 heavy (non-hydrogen) atoms. The molecule has 3 fully saturated rings. The summed E-state index contributed by atoms with van der Waals surface area (Å²) in [6, 6.07) is 12.6. The predicted molar refractivity (Wildman–Crippen MR) is 171 cm³/mol. The molecule has 5 aromatic rings. The van der Waals surface area contributed by atoms with E-state index in [1.54, 1.807) is 11.8 Å². The van der Waals surface area contributed by atoms with Crippen molar-refractivity contribution in [2.75, 3.05) is 13.7 Å². The molecule has 3 aromatic heterocycles. The lowest BCUT2D eigenvalue weighted by Crippen LogP contribution is -2.41. The average Bonchev–Trinajstić information content (AvgIpc) is 3.34. The number of nitrogens with zero attached hydrogens (tertiary/aromatic N) is 6. The molecule has 2 amide bonds. The number of methoxy groups -OCH3 is 1. The summed E-state index contributed by atoms with van der Waals surface area (Å²) >= 11 is 0. The van der Waals surface area contributed by atoms with Crippen molar-refractivity contribution in [3.05, 3.63) is 54.4 Å². The fraction of sp³-hybridized carbons (Fsp3) is 0.412. The van der Waals surface area contributed by atoms with E-state index >= 15 is 0 Å². The molecule has 11 heteroatoms. The number of fused-ring (bicyclic) bond motifs is 4. The molecule has 2 aromatic carbocycles. The molecule has 4 heterocycles. The van der Waals surface area contributed by atoms with Crippen molar-refractivity contribution in [3.8, 4) is 28.4 Å². The van der Waals surface area contributed by atoms with Gasteiger partial charge in [0.25, 0.3) is 5.91 Å². The summed E-state index contributed by atoms with van der Waals surface area (Å²) in [5.74, 6) is 2.13. The highest BCUT2D eigenvalue weighted by Gasteiger charge is 2.47. The van der Waals surface area contributed by atoms with E-state index in [1.165, 1.54) is 12.8 Å². The third-order valence-electron chi connectivity index (χ3n) is 10.1. The standard InChI is InChI=1S/C34H38N8O3/c1-39-32-25(11-23(14-29(32)45-2)34(44)42-18-22-7-8-26(42)31(22)36)38-33(39)28-13-21-6-5-20(12-27(21)41(28)16-19-3-4-19)24-15-37-40(17-24)10-9-30(35)43/h5-6,11-15,17,19,22,26,31H,3-4,7-10,16,18,36H2,1-2H3,(H2,35,43)/t22-,26-,31-/m1/s1. The van der Waals surface area contributed by atoms with Gasteiger partial charge in [0.15, 0.2) is 5.82 Å². The van der Waals surface area contributed by atoms with Crippen molar-refractivity contribution in [1.29, 1.82) is 0 Å². The van der Waals surface area contributed by atoms with Gasteiger partial charge in [-0.3, -0.25) is 14.3 Å². The number of aromatic nitrogens is 5. The molecule has 8 rings (SSSR count). The van der Waals surface area contributed by atoms with Crippen LogP contribution in [0.2, 0.25) is 0 Å². The third kappa shape index (κ3) is 4.68. The Morgan fingerprint density at radius 3 is 2.62 bits per heavy atom. The van der Waals surface area contributed by atoms with E-state index < -0.39 is 0 Å². The summed E-state index contributed by atoms with van der Waals surface area (Å²) in [5, 5.41) is 5.56. The van der Waals surface area contributed by atoms with Gasteiger partial charge >= 0.3 is 0 Å². The Morgan fingerprint density at radius 1 is 1.07 bits per heavy atom. The van der Waals surface area contributed by atoms with Gasteiger partial charge in [0.2, 0.25) is 5.91 Å². The number of imidazole rings is 1. The van der Waals surface area contributed by atoms with Crippen LogP contribution in [0.3, 0.4) is 0 Å². The largest absolute Gasteiger partial charge is 0.494 e. The van der Waals surface area contributed by atoms with Crippen LogP contribution in [0.5, 0.6) is 5.75 Å². The first kappa shape index (κ1) is 27.9. The Labute approximate surface area is 260 Å². The zero-order valence-corrected chi connectivity index (χ0v) is 25.6. The first-order valence-electron chi connectivity index (χ1n) is 15.8. The molecule has 11 nitrogen and oxygen atoms in total. The Balaban J connectivity index is 1.19. The van der Waals surface area contributed by atoms with Crippen molar-refractivity contribution >= 4 is 33.8 Å². The molecular formula is C34H38N8O3. The van der Waals surface area contributed by atoms with Crippen LogP contribution in [-0.2, 0) is 24.9 Å². The van der Waals surface area contributed by atoms with E-state index in [-0.39, 0.29) is 30.3 Å². The molecule has 1 saturated heterocycles. The molecule has 0 unspecified atom stereocenters. The Bertz CT molecular complexity index is 1980. The van der Waals surface area contributed by atoms with Crippen LogP contribution in [-0.4, -0.2) is 66.4 Å². The van der Waals surface area contributed by atoms with Gasteiger partial charge in [0.05, 0.1) is 24.5 Å². The highest BCUT2D eigenvalue weighted by molar-refractivity contribution is 6.00. The lowest BCUT2D eigenvalue weighted by atomic mass is 10.1. The molecule has 232 valence electrons. The van der Waals surface area contributed by atoms with Crippen molar-refractivity contribution in [2.45, 2.75) is 57.3 Å². The molecule has 2 saturated carbocycles. The van der Waals surface area contributed by atoms with Gasteiger partial charge < -0.3 is 30.2 Å². The number of hydrogen-bond donors (Lipinski definition) is 2. The Morgan fingerprint density at radius 2 is 1.91 bits per heavy atom. The molecule has 3 atom stereocenters. The Hall–Kier alpha value is -4.64. The normalized spacial score (nSPS) is 21.0. The molecular weight excluding hydrogens is 568 g/mol. The minimum Gasteiger partial charge on any atom is -0.494 e. The van der Waals surface area contributed by atoms with E-state index in [4.69, 9.17) is 21.2 Å². The molecule has 3 aliphatic rings. The number of hydrogen-bond acceptors (Lipinski definition) is 6. The monoisotopic (exact) mass is 606 g/mol. The maximum absolute atomic E-state index is 13.7. The first-order chi connectivity index (χ1) is 21.8. The number of aryl methyl sites for hydroxylation is 2. The van der Waals surface area contributed by atoms with Crippen LogP contribution in [0.25, 0.3) is 44.6 Å². The van der Waals surface area contributed by atoms with Crippen molar-refractivity contribution in [2.24, 2.45) is 30.4 Å². The maximum Gasteiger partial charge on any atom is 0.254 e. The summed E-state index contributed by atoms with van der Waals surface area (Å²) in [7, 11) is 3.66. The third-order valence-corrected chi connectivity index (χ3v) is 10.1. The number of nitrogens with two attached hydrogens (primary N) is 2. The van der Waals surface area contributed by atoms with E-state index in [0.29, 0.717) is 29.7 Å². The van der Waals surface area contributed by atoms with Crippen LogP contribution < -0.4 is 16.2 Å². The van der Waals surface area contributed by atoms with Gasteiger partial charge in [0, 0.05) is 73.4 Å². The summed E-state index contributed by atoms with van der Waals surface area (Å²) < 4.78 is 12.1. The van der Waals surface area contributed by atoms with Crippen LogP contribution in [0.1, 0.15) is 42.5 Å². The smallest absolute Gasteiger partial charge is 0.254 e. The highest BCUT2D eigenvalue weighted by Crippen LogP contribution is 2.40. The summed E-state index contributed by atoms with van der Waals surface area (Å²) in [5.41, 5.74) is 18.1. The summed E-state index contributed by atoms with van der Waals surface area (Å²) in [6.07, 6.45) is 8.53. The van der Waals surface area contributed by atoms with Crippen molar-refractivity contribution < 1.29 is 14.3 Å². The SMILES string of the molecule is COc1cc(C(=O)N2C[C@H]3CC[C@@H]2[C@@H]3N)cc2nc(-c3cc4ccc(-c5cnn(CCC(N)=O)c5)cc4n3CC3CC3)n(C)c12. The Kier molecular flexibility index (Phi) is 6.49. The number of benzene rings is 2. The minimum absolute atomic E-state index is 0.00150. The number of carbonyl (C=O) groups excluding carboxylic acids is 2. The van der Waals surface area contributed by atoms with Gasteiger partial charge in [-0.1, -0.05) is 12.1 Å². The first-order valence-corrected chi connectivity index (χ1v) is 15.8. The zero-order valence-electron chi connectivity index (χ0n) is 25.6. The zero-order chi connectivity index (χ0) is 31.0. The van der Waals surface area contributed by atoms with Gasteiger partial charge in [-0.2, -0.15) is 5.10 Å². The van der Waals surface area contributed by atoms with Crippen LogP contribution >= 0.6 is 0 Å². The molecule has 2 aliphatic carbocycles. The maximum atomic E-state index is 13.7. The van der Waals surface area contributed by atoms with Gasteiger partial charge in [-0.25, -0.2) is 4.98 Å². The van der Waals surface area contributed by atoms with E-state index in [9.17, 15) is 9.59 Å². The average molecular weight is 607 g/mol. The van der Waals surface area contributed by atoms with Crippen LogP contribution in [0, 0.1) is 11.8 Å². The van der Waals surface area contributed by atoms with Crippen LogP contribution in [0.4, 0.5) is 0 Å². The number of ether oxygens (including phenoxy) is 1. The van der Waals surface area contributed by atoms with Gasteiger partial charge in [-0.15, -0.1) is 0 Å². The molecule has 2 bridgehead atoms. The lowest BCUT2D eigenvalue weighted by Gasteiger charge is -2.27. The second kappa shape index (κ2) is 10.5. The fourth-order valence-electron chi connectivity index (χ4n) is 7.50. The van der Waals surface area contributed by atoms with E-state index in [2.05, 4.69) is 38.5 Å². The summed E-state index contributed by atoms with van der Waals surface area (Å²) in [6.45, 7) is 2.08. The van der Waals surface area contributed by atoms with Crippen LogP contribution in [0.15, 0.2) is 48.8 Å². The number of primary amides is 1. The minimum atomic E-state index is -0.343. The quantitative estimate of drug-likeness (QED) is 0.261. The van der Waals surface area contributed by atoms with E-state index in [0.717, 1.165) is 70.5 Å². The second-order valence-electron chi connectivity index (χ2n) is 13.0. The predicted octanol–water partition coefficient (Wildman–Crippen LogP) is 3.91. The number of carbonyl (C=O) groups is 2. The topological polar surface area (TPSA) is 139 Å². The van der Waals surface area contributed by atoms with Crippen molar-refractivity contribution in [3.63, 3.8) is 0 Å². The molecule has 0 spiro atoms. The number of likely N-dealkylation sites (tertiary alicyclic amines) is 1. The van der Waals surface area contributed by atoms with Gasteiger partial charge in [-0.05, 0) is 67.3 Å². The second-order valence-corrected chi connectivity index (χ2v) is 13.0. The molecule has 4 N–H and O–H groups in total. The molecule has 1 aliphatic heterocycles. The van der Waals surface area contributed by atoms with Crippen molar-refractivity contribution in [1.82, 2.24) is 28.8 Å². The van der Waals surface area contributed by atoms with Gasteiger partial charge in [0.1, 0.15) is 11.3 Å².